The Bertz CT molecular complexity index is 1180. The molecule has 1 fully saturated rings. The summed E-state index contributed by atoms with van der Waals surface area (Å²) < 4.78 is 51.9. The lowest BCUT2D eigenvalue weighted by Crippen LogP contribution is -2.30. The summed E-state index contributed by atoms with van der Waals surface area (Å²) in [6.07, 6.45) is 4.94. The van der Waals surface area contributed by atoms with E-state index in [4.69, 9.17) is 0 Å². The average Bonchev–Trinajstić information content (AvgIpc) is 3.01. The monoisotopic (exact) mass is 432 g/mol. The van der Waals surface area contributed by atoms with Crippen molar-refractivity contribution in [3.05, 3.63) is 48.4 Å². The van der Waals surface area contributed by atoms with E-state index in [0.29, 0.717) is 34.4 Å². The van der Waals surface area contributed by atoms with E-state index in [9.17, 15) is 17.2 Å². The Hall–Kier alpha value is -2.68. The van der Waals surface area contributed by atoms with Crippen LogP contribution in [0.25, 0.3) is 22.2 Å². The second-order valence-corrected chi connectivity index (χ2v) is 10.00. The van der Waals surface area contributed by atoms with Crippen LogP contribution >= 0.6 is 0 Å². The second-order valence-electron chi connectivity index (χ2n) is 7.52. The molecule has 0 aliphatic carbocycles. The maximum atomic E-state index is 13.9. The minimum absolute atomic E-state index is 0.0354. The van der Waals surface area contributed by atoms with Crippen LogP contribution in [0.2, 0.25) is 0 Å². The summed E-state index contributed by atoms with van der Waals surface area (Å²) in [5, 5.41) is 2.70. The maximum absolute atomic E-state index is 13.9. The van der Waals surface area contributed by atoms with Gasteiger partial charge in [0.25, 0.3) is 5.92 Å². The summed E-state index contributed by atoms with van der Waals surface area (Å²) in [5.41, 5.74) is 2.41. The number of benzene rings is 1. The van der Waals surface area contributed by atoms with Crippen molar-refractivity contribution in [3.8, 4) is 11.1 Å². The number of fused-ring (bicyclic) bond motifs is 1. The Kier molecular flexibility index (Phi) is 5.17. The first kappa shape index (κ1) is 20.6. The van der Waals surface area contributed by atoms with Gasteiger partial charge in [0.2, 0.25) is 0 Å². The van der Waals surface area contributed by atoms with E-state index in [-0.39, 0.29) is 23.8 Å². The fourth-order valence-electron chi connectivity index (χ4n) is 3.70. The number of nitrogens with one attached hydrogen (secondary N) is 1. The van der Waals surface area contributed by atoms with Gasteiger partial charge in [-0.25, -0.2) is 27.2 Å². The van der Waals surface area contributed by atoms with Gasteiger partial charge >= 0.3 is 0 Å². The third-order valence-electron chi connectivity index (χ3n) is 5.73. The minimum Gasteiger partial charge on any atom is -0.364 e. The van der Waals surface area contributed by atoms with Crippen molar-refractivity contribution in [2.45, 2.75) is 43.9 Å². The molecule has 0 spiro atoms. The minimum atomic E-state index is -3.10. The van der Waals surface area contributed by atoms with Crippen LogP contribution in [0.15, 0.2) is 42.9 Å². The lowest BCUT2D eigenvalue weighted by Gasteiger charge is -2.18. The zero-order chi connectivity index (χ0) is 21.5. The Morgan fingerprint density at radius 3 is 2.37 bits per heavy atom. The molecule has 0 amide bonds. The molecule has 4 rings (SSSR count). The molecule has 1 aliphatic rings. The van der Waals surface area contributed by atoms with Crippen molar-refractivity contribution in [3.63, 3.8) is 0 Å². The molecule has 1 aromatic carbocycles. The highest BCUT2D eigenvalue weighted by Crippen LogP contribution is 2.35. The highest BCUT2D eigenvalue weighted by Gasteiger charge is 2.37. The van der Waals surface area contributed by atoms with Crippen LogP contribution in [0.1, 0.15) is 32.3 Å². The van der Waals surface area contributed by atoms with E-state index in [1.165, 1.54) is 19.1 Å². The molecule has 3 heterocycles. The van der Waals surface area contributed by atoms with Gasteiger partial charge in [0.05, 0.1) is 11.0 Å². The third kappa shape index (κ3) is 3.62. The molecule has 2 aromatic heterocycles. The molecule has 1 aliphatic heterocycles. The van der Waals surface area contributed by atoms with E-state index < -0.39 is 21.0 Å². The topological polar surface area (TPSA) is 84.8 Å². The highest BCUT2D eigenvalue weighted by molar-refractivity contribution is 7.92. The van der Waals surface area contributed by atoms with Crippen molar-refractivity contribution in [2.24, 2.45) is 0 Å². The summed E-state index contributed by atoms with van der Waals surface area (Å²) >= 11 is 0. The molecule has 0 bridgehead atoms. The van der Waals surface area contributed by atoms with E-state index in [1.807, 2.05) is 0 Å². The number of hydrogen-bond acceptors (Lipinski definition) is 6. The van der Waals surface area contributed by atoms with Gasteiger partial charge in [-0.05, 0) is 18.9 Å². The number of anilines is 1. The SMILES string of the molecule is CCC(F)(F)c1ccc(-c2cnc(NC3CCS(=O)(=O)C3C)c3nccnc23)cc1. The predicted octanol–water partition coefficient (Wildman–Crippen LogP) is 4.18. The van der Waals surface area contributed by atoms with E-state index >= 15 is 0 Å². The van der Waals surface area contributed by atoms with Crippen LogP contribution in [0.5, 0.6) is 0 Å². The Labute approximate surface area is 173 Å². The van der Waals surface area contributed by atoms with Gasteiger partial charge in [0.1, 0.15) is 11.0 Å². The molecule has 1 saturated heterocycles. The van der Waals surface area contributed by atoms with Gasteiger partial charge in [-0.2, -0.15) is 0 Å². The Morgan fingerprint density at radius 1 is 1.10 bits per heavy atom. The third-order valence-corrected chi connectivity index (χ3v) is 8.00. The largest absolute Gasteiger partial charge is 0.364 e. The van der Waals surface area contributed by atoms with Gasteiger partial charge in [-0.3, -0.25) is 4.98 Å². The molecule has 30 heavy (non-hydrogen) atoms. The molecule has 2 atom stereocenters. The molecule has 2 unspecified atom stereocenters. The van der Waals surface area contributed by atoms with Gasteiger partial charge < -0.3 is 5.32 Å². The summed E-state index contributed by atoms with van der Waals surface area (Å²) in [6, 6.07) is 5.83. The first-order chi connectivity index (χ1) is 14.2. The normalized spacial score (nSPS) is 21.1. The number of pyridine rings is 1. The number of halogens is 2. The van der Waals surface area contributed by atoms with Crippen molar-refractivity contribution >= 4 is 26.7 Å². The number of nitrogens with zero attached hydrogens (tertiary/aromatic N) is 3. The predicted molar refractivity (Wildman–Crippen MR) is 112 cm³/mol. The molecule has 3 aromatic rings. The molecule has 0 saturated carbocycles. The molecule has 9 heteroatoms. The van der Waals surface area contributed by atoms with Gasteiger partial charge in [0, 0.05) is 42.2 Å². The van der Waals surface area contributed by atoms with Crippen molar-refractivity contribution < 1.29 is 17.2 Å². The first-order valence-corrected chi connectivity index (χ1v) is 11.5. The number of aromatic nitrogens is 3. The number of sulfone groups is 1. The Balaban J connectivity index is 1.71. The summed E-state index contributed by atoms with van der Waals surface area (Å²) in [4.78, 5) is 13.3. The quantitative estimate of drug-likeness (QED) is 0.651. The van der Waals surface area contributed by atoms with E-state index in [1.54, 1.807) is 37.6 Å². The lowest BCUT2D eigenvalue weighted by atomic mass is 10.0. The number of hydrogen-bond donors (Lipinski definition) is 1. The molecule has 158 valence electrons. The summed E-state index contributed by atoms with van der Waals surface area (Å²) in [5.74, 6) is -2.27. The van der Waals surface area contributed by atoms with Gasteiger partial charge in [-0.15, -0.1) is 0 Å². The van der Waals surface area contributed by atoms with Crippen LogP contribution in [0.3, 0.4) is 0 Å². The lowest BCUT2D eigenvalue weighted by molar-refractivity contribution is -0.00827. The molecule has 6 nitrogen and oxygen atoms in total. The van der Waals surface area contributed by atoms with Crippen LogP contribution < -0.4 is 5.32 Å². The second kappa shape index (κ2) is 7.54. The zero-order valence-electron chi connectivity index (χ0n) is 16.6. The van der Waals surface area contributed by atoms with Crippen LogP contribution in [0, 0.1) is 0 Å². The molecule has 1 N–H and O–H groups in total. The summed E-state index contributed by atoms with van der Waals surface area (Å²) in [6.45, 7) is 3.14. The maximum Gasteiger partial charge on any atom is 0.273 e. The molecular formula is C21H22F2N4O2S. The summed E-state index contributed by atoms with van der Waals surface area (Å²) in [7, 11) is -3.10. The van der Waals surface area contributed by atoms with Gasteiger partial charge in [0.15, 0.2) is 15.7 Å². The molecular weight excluding hydrogens is 410 g/mol. The van der Waals surface area contributed by atoms with Crippen molar-refractivity contribution in [1.29, 1.82) is 0 Å². The van der Waals surface area contributed by atoms with Gasteiger partial charge in [-0.1, -0.05) is 31.2 Å². The molecule has 0 radical (unpaired) electrons. The van der Waals surface area contributed by atoms with Crippen LogP contribution in [-0.4, -0.2) is 40.4 Å². The number of alkyl halides is 2. The Morgan fingerprint density at radius 2 is 1.77 bits per heavy atom. The van der Waals surface area contributed by atoms with Crippen molar-refractivity contribution in [2.75, 3.05) is 11.1 Å². The fraction of sp³-hybridized carbons (Fsp3) is 0.381. The average molecular weight is 432 g/mol. The van der Waals surface area contributed by atoms with E-state index in [0.717, 1.165) is 0 Å². The smallest absolute Gasteiger partial charge is 0.273 e. The van der Waals surface area contributed by atoms with E-state index in [2.05, 4.69) is 20.3 Å². The fourth-order valence-corrected chi connectivity index (χ4v) is 5.36. The highest BCUT2D eigenvalue weighted by atomic mass is 32.2. The standard InChI is InChI=1S/C21H22F2N4O2S/c1-3-21(22,23)15-6-4-14(5-7-15)16-12-26-20(19-18(16)24-9-10-25-19)27-17-8-11-30(28,29)13(17)2/h4-7,9-10,12-13,17H,3,8,11H2,1-2H3,(H,26,27). The van der Waals surface area contributed by atoms with Crippen LogP contribution in [-0.2, 0) is 15.8 Å². The zero-order valence-corrected chi connectivity index (χ0v) is 17.5. The van der Waals surface area contributed by atoms with Crippen molar-refractivity contribution in [1.82, 2.24) is 15.0 Å². The first-order valence-electron chi connectivity index (χ1n) is 9.79. The number of rotatable bonds is 5. The van der Waals surface area contributed by atoms with Crippen LogP contribution in [0.4, 0.5) is 14.6 Å².